The van der Waals surface area contributed by atoms with Crippen molar-refractivity contribution in [1.82, 2.24) is 0 Å². The summed E-state index contributed by atoms with van der Waals surface area (Å²) in [5, 5.41) is 0. The minimum atomic E-state index is -0.402. The Morgan fingerprint density at radius 1 is 0.300 bits per heavy atom. The van der Waals surface area contributed by atoms with Crippen LogP contribution < -0.4 is 14.7 Å². The molecule has 15 aliphatic rings. The third kappa shape index (κ3) is 17.1. The van der Waals surface area contributed by atoms with E-state index in [1.807, 2.05) is 18.6 Å². The summed E-state index contributed by atoms with van der Waals surface area (Å²) in [6.07, 6.45) is 23.7. The first-order valence-electron chi connectivity index (χ1n) is 32.3. The molecule has 12 aliphatic heterocycles. The predicted molar refractivity (Wildman–Crippen MR) is 373 cm³/mol. The molecule has 0 spiro atoms. The zero-order valence-electron chi connectivity index (χ0n) is 54.4. The molecule has 21 rings (SSSR count). The summed E-state index contributed by atoms with van der Waals surface area (Å²) in [5.74, 6) is 0. The van der Waals surface area contributed by atoms with Crippen molar-refractivity contribution in [3.05, 3.63) is 161 Å². The second-order valence-electron chi connectivity index (χ2n) is 24.5. The van der Waals surface area contributed by atoms with Gasteiger partial charge in [-0.15, -0.1) is 0 Å². The molecule has 474 valence electrons. The molecular formula is C75H93N9O6. The van der Waals surface area contributed by atoms with Gasteiger partial charge in [-0.3, -0.25) is 30.0 Å². The Morgan fingerprint density at radius 3 is 0.733 bits per heavy atom. The Hall–Kier alpha value is -7.50. The van der Waals surface area contributed by atoms with Crippen molar-refractivity contribution in [2.75, 3.05) is 98.1 Å². The third-order valence-electron chi connectivity index (χ3n) is 18.4. The summed E-state index contributed by atoms with van der Waals surface area (Å²) in [6.45, 7) is 1.61. The molecule has 12 bridgehead atoms. The van der Waals surface area contributed by atoms with Crippen LogP contribution in [0.4, 0.5) is 17.1 Å². The van der Waals surface area contributed by atoms with Crippen LogP contribution in [0.5, 0.6) is 0 Å². The van der Waals surface area contributed by atoms with Crippen molar-refractivity contribution in [2.45, 2.75) is 132 Å². The molecule has 0 amide bonds. The van der Waals surface area contributed by atoms with E-state index in [1.165, 1.54) is 0 Å². The topological polar surface area (TPSA) is 139 Å². The highest BCUT2D eigenvalue weighted by Gasteiger charge is 2.27. The Balaban J connectivity index is 0.999. The number of likely N-dealkylation sites (N-methyl/N-ethyl adjacent to an activating group) is 3. The quantitative estimate of drug-likeness (QED) is 0.0919. The van der Waals surface area contributed by atoms with Gasteiger partial charge in [0, 0.05) is 135 Å². The Morgan fingerprint density at radius 2 is 0.511 bits per heavy atom. The fraction of sp³-hybridized carbons (Fsp3) is 0.440. The van der Waals surface area contributed by atoms with E-state index in [2.05, 4.69) is 182 Å². The highest BCUT2D eigenvalue weighted by molar-refractivity contribution is 5.93. The average Bonchev–Trinajstić information content (AvgIpc) is 2.03. The molecule has 90 heavy (non-hydrogen) atoms. The molecule has 12 heterocycles. The summed E-state index contributed by atoms with van der Waals surface area (Å²) >= 11 is 0. The van der Waals surface area contributed by atoms with Crippen LogP contribution in [-0.2, 0) is 28.4 Å². The van der Waals surface area contributed by atoms with E-state index in [9.17, 15) is 0 Å². The number of anilines is 3. The molecule has 0 aromatic heterocycles. The first-order valence-corrected chi connectivity index (χ1v) is 32.3. The van der Waals surface area contributed by atoms with Gasteiger partial charge >= 0.3 is 0 Å². The van der Waals surface area contributed by atoms with Crippen LogP contribution in [0, 0.1) is 0 Å². The standard InChI is InChI=1S/C75H93N9O6/c1-82(49-73(85-4)86-5)70-40-58-34-37-61(70)46-79-67-19-13-10-16-64(67)76-44-53-24-30-56(31-25-53)59-35-38-63(71(41-59)83(2)50-74(87-6)88-7)48-81-69-21-15-12-18-66(69)78-45-54-26-32-57(33-27-54)60-36-39-62(72(42-60)84(3)51-75(89-8)90-9)47-80-68-20-14-11-17-65(68)77-43-52-22-28-55(58)29-23-52/h22-48,64-69,73-75H,10-21,49-51H2,1-9H3/t64-,65-,66-,67-,68-,69-/m1/s1. The Bertz CT molecular complexity index is 3070. The number of ether oxygens (including phenoxy) is 6. The second kappa shape index (κ2) is 32.5. The van der Waals surface area contributed by atoms with Crippen LogP contribution >= 0.6 is 0 Å². The highest BCUT2D eigenvalue weighted by atomic mass is 16.7. The first-order chi connectivity index (χ1) is 44.0. The number of methoxy groups -OCH3 is 6. The van der Waals surface area contributed by atoms with Gasteiger partial charge < -0.3 is 43.1 Å². The summed E-state index contributed by atoms with van der Waals surface area (Å²) in [7, 11) is 16.3. The van der Waals surface area contributed by atoms with Crippen LogP contribution in [0.3, 0.4) is 0 Å². The number of hydrogen-bond donors (Lipinski definition) is 0. The fourth-order valence-electron chi connectivity index (χ4n) is 12.9. The first kappa shape index (κ1) is 65.5. The summed E-state index contributed by atoms with van der Waals surface area (Å²) in [5.41, 5.74) is 16.0. The zero-order valence-corrected chi connectivity index (χ0v) is 54.4. The molecular weight excluding hydrogens is 1120 g/mol. The lowest BCUT2D eigenvalue weighted by molar-refractivity contribution is -0.0946. The lowest BCUT2D eigenvalue weighted by Gasteiger charge is -2.27. The van der Waals surface area contributed by atoms with Crippen molar-refractivity contribution in [1.29, 1.82) is 0 Å². The van der Waals surface area contributed by atoms with Crippen LogP contribution in [-0.4, -0.2) is 176 Å². The minimum absolute atomic E-state index is 0.0585. The van der Waals surface area contributed by atoms with E-state index in [0.29, 0.717) is 19.6 Å². The normalized spacial score (nSPS) is 20.4. The monoisotopic (exact) mass is 1220 g/mol. The van der Waals surface area contributed by atoms with E-state index < -0.39 is 18.9 Å². The van der Waals surface area contributed by atoms with Gasteiger partial charge in [-0.25, -0.2) is 0 Å². The molecule has 3 aliphatic carbocycles. The van der Waals surface area contributed by atoms with Crippen molar-refractivity contribution < 1.29 is 28.4 Å². The fourth-order valence-corrected chi connectivity index (χ4v) is 12.9. The van der Waals surface area contributed by atoms with Gasteiger partial charge in [-0.05, 0) is 107 Å². The molecule has 3 fully saturated rings. The Kier molecular flexibility index (Phi) is 23.6. The molecule has 0 radical (unpaired) electrons. The van der Waals surface area contributed by atoms with E-state index in [1.54, 1.807) is 42.7 Å². The van der Waals surface area contributed by atoms with Crippen LogP contribution in [0.2, 0.25) is 0 Å². The molecule has 6 aromatic carbocycles. The smallest absolute Gasteiger partial charge is 0.174 e. The molecule has 6 aromatic rings. The van der Waals surface area contributed by atoms with Gasteiger partial charge in [-0.2, -0.15) is 0 Å². The van der Waals surface area contributed by atoms with Gasteiger partial charge in [-0.1, -0.05) is 148 Å². The maximum atomic E-state index is 5.69. The van der Waals surface area contributed by atoms with E-state index in [-0.39, 0.29) is 36.3 Å². The molecule has 3 saturated carbocycles. The van der Waals surface area contributed by atoms with Crippen molar-refractivity contribution in [3.8, 4) is 33.4 Å². The Labute approximate surface area is 534 Å². The maximum Gasteiger partial charge on any atom is 0.174 e. The molecule has 0 unspecified atom stereocenters. The van der Waals surface area contributed by atoms with Crippen molar-refractivity contribution in [2.24, 2.45) is 30.0 Å². The number of aliphatic imine (C=N–C) groups is 6. The van der Waals surface area contributed by atoms with E-state index in [4.69, 9.17) is 58.4 Å². The van der Waals surface area contributed by atoms with E-state index in [0.717, 1.165) is 161 Å². The maximum absolute atomic E-state index is 5.69. The number of nitrogens with zero attached hydrogens (tertiary/aromatic N) is 9. The third-order valence-corrected chi connectivity index (χ3v) is 18.4. The van der Waals surface area contributed by atoms with Crippen LogP contribution in [0.1, 0.15) is 110 Å². The molecule has 6 atom stereocenters. The number of rotatable bonds is 15. The average molecular weight is 1220 g/mol. The molecule has 15 nitrogen and oxygen atoms in total. The zero-order chi connectivity index (χ0) is 62.8. The lowest BCUT2D eigenvalue weighted by atomic mass is 9.91. The summed E-state index contributed by atoms with van der Waals surface area (Å²) in [4.78, 5) is 38.3. The number of hydrogen-bond acceptors (Lipinski definition) is 15. The van der Waals surface area contributed by atoms with Gasteiger partial charge in [0.2, 0.25) is 0 Å². The molecule has 15 heteroatoms. The summed E-state index contributed by atoms with van der Waals surface area (Å²) < 4.78 is 34.1. The number of benzene rings is 6. The van der Waals surface area contributed by atoms with Crippen molar-refractivity contribution >= 4 is 54.3 Å². The summed E-state index contributed by atoms with van der Waals surface area (Å²) in [6, 6.07) is 46.4. The largest absolute Gasteiger partial charge is 0.369 e. The van der Waals surface area contributed by atoms with Gasteiger partial charge in [0.15, 0.2) is 18.9 Å². The minimum Gasteiger partial charge on any atom is -0.369 e. The second-order valence-corrected chi connectivity index (χ2v) is 24.5. The van der Waals surface area contributed by atoms with Crippen molar-refractivity contribution in [3.63, 3.8) is 0 Å². The van der Waals surface area contributed by atoms with Crippen LogP contribution in [0.25, 0.3) is 33.4 Å². The van der Waals surface area contributed by atoms with Crippen LogP contribution in [0.15, 0.2) is 157 Å². The molecule has 0 saturated heterocycles. The predicted octanol–water partition coefficient (Wildman–Crippen LogP) is 13.7. The van der Waals surface area contributed by atoms with Gasteiger partial charge in [0.1, 0.15) is 0 Å². The lowest BCUT2D eigenvalue weighted by Crippen LogP contribution is -2.32. The van der Waals surface area contributed by atoms with E-state index >= 15 is 0 Å². The molecule has 0 N–H and O–H groups in total. The van der Waals surface area contributed by atoms with Gasteiger partial charge in [0.25, 0.3) is 0 Å². The SMILES string of the molecule is COC(CN(C)c1cc2ccc1C=N[C@@H]1CCCC[C@H]1N=Cc1ccc(cc1)-c1ccc(c(N(C)CC(OC)OC)c1)C=N[C@@H]1CCCC[C@H]1N=Cc1ccc(cc1)-c1ccc(c(N(C)CC(OC)OC)c1)C=N[C@@H]1CCCC[C@H]1N=Cc1ccc-2cc1)OC. The van der Waals surface area contributed by atoms with Gasteiger partial charge in [0.05, 0.1) is 55.9 Å². The highest BCUT2D eigenvalue weighted by Crippen LogP contribution is 2.34.